The Labute approximate surface area is 121 Å². The minimum atomic E-state index is -0.425. The van der Waals surface area contributed by atoms with E-state index in [1.165, 1.54) is 6.07 Å². The first-order chi connectivity index (χ1) is 9.02. The first-order valence-electron chi connectivity index (χ1n) is 5.73. The van der Waals surface area contributed by atoms with Gasteiger partial charge in [-0.1, -0.05) is 42.3 Å². The van der Waals surface area contributed by atoms with E-state index in [2.05, 4.69) is 0 Å². The van der Waals surface area contributed by atoms with Crippen molar-refractivity contribution < 1.29 is 9.18 Å². The maximum atomic E-state index is 13.8. The molecule has 2 rings (SSSR count). The predicted octanol–water partition coefficient (Wildman–Crippen LogP) is 5.10. The zero-order valence-corrected chi connectivity index (χ0v) is 11.7. The van der Waals surface area contributed by atoms with E-state index in [4.69, 9.17) is 23.2 Å². The number of aldehydes is 1. The number of hydrogen-bond donors (Lipinski definition) is 0. The quantitative estimate of drug-likeness (QED) is 0.720. The normalized spacial score (nSPS) is 12.2. The molecule has 0 saturated carbocycles. The van der Waals surface area contributed by atoms with Crippen molar-refractivity contribution in [1.82, 2.24) is 0 Å². The molecule has 0 aliphatic carbocycles. The lowest BCUT2D eigenvalue weighted by Crippen LogP contribution is -1.95. The summed E-state index contributed by atoms with van der Waals surface area (Å²) in [6.07, 6.45) is 0.841. The molecule has 19 heavy (non-hydrogen) atoms. The van der Waals surface area contributed by atoms with E-state index >= 15 is 0 Å². The van der Waals surface area contributed by atoms with Crippen LogP contribution >= 0.6 is 23.2 Å². The smallest absolute Gasteiger partial charge is 0.132 e. The molecule has 2 aromatic carbocycles. The van der Waals surface area contributed by atoms with Gasteiger partial charge < -0.3 is 4.79 Å². The van der Waals surface area contributed by atoms with Crippen LogP contribution in [0, 0.1) is 5.82 Å². The molecule has 0 saturated heterocycles. The van der Waals surface area contributed by atoms with Crippen LogP contribution in [-0.4, -0.2) is 6.29 Å². The summed E-state index contributed by atoms with van der Waals surface area (Å²) >= 11 is 11.9. The minimum absolute atomic E-state index is 0.235. The molecule has 0 bridgehead atoms. The predicted molar refractivity (Wildman–Crippen MR) is 76.3 cm³/mol. The molecule has 1 atom stereocenters. The Kier molecular flexibility index (Phi) is 4.23. The molecule has 0 heterocycles. The minimum Gasteiger partial charge on any atom is -0.303 e. The van der Waals surface area contributed by atoms with Gasteiger partial charge in [0.15, 0.2) is 0 Å². The lowest BCUT2D eigenvalue weighted by molar-refractivity contribution is -0.108. The third-order valence-electron chi connectivity index (χ3n) is 2.94. The number of halogens is 3. The van der Waals surface area contributed by atoms with E-state index in [1.54, 1.807) is 37.3 Å². The summed E-state index contributed by atoms with van der Waals surface area (Å²) in [6, 6.07) is 9.61. The summed E-state index contributed by atoms with van der Waals surface area (Å²) in [5.74, 6) is -0.660. The second kappa shape index (κ2) is 5.72. The van der Waals surface area contributed by atoms with E-state index in [9.17, 15) is 9.18 Å². The number of rotatable bonds is 3. The molecule has 1 unspecified atom stereocenters. The molecule has 0 aliphatic rings. The van der Waals surface area contributed by atoms with Gasteiger partial charge in [0, 0.05) is 27.1 Å². The van der Waals surface area contributed by atoms with Gasteiger partial charge in [-0.05, 0) is 29.8 Å². The van der Waals surface area contributed by atoms with Crippen LogP contribution in [0.25, 0.3) is 11.1 Å². The van der Waals surface area contributed by atoms with Crippen molar-refractivity contribution in [3.63, 3.8) is 0 Å². The van der Waals surface area contributed by atoms with Gasteiger partial charge in [-0.15, -0.1) is 0 Å². The van der Waals surface area contributed by atoms with Gasteiger partial charge in [-0.3, -0.25) is 0 Å². The Morgan fingerprint density at radius 2 is 1.79 bits per heavy atom. The highest BCUT2D eigenvalue weighted by molar-refractivity contribution is 6.33. The molecule has 0 amide bonds. The van der Waals surface area contributed by atoms with Gasteiger partial charge in [0.05, 0.1) is 0 Å². The van der Waals surface area contributed by atoms with Crippen LogP contribution in [0.2, 0.25) is 10.0 Å². The van der Waals surface area contributed by atoms with Gasteiger partial charge >= 0.3 is 0 Å². The Morgan fingerprint density at radius 3 is 2.37 bits per heavy atom. The number of carbonyl (C=O) groups excluding carboxylic acids is 1. The van der Waals surface area contributed by atoms with Crippen molar-refractivity contribution in [1.29, 1.82) is 0 Å². The third-order valence-corrected chi connectivity index (χ3v) is 3.49. The van der Waals surface area contributed by atoms with Crippen LogP contribution in [0.3, 0.4) is 0 Å². The molecule has 0 aromatic heterocycles. The summed E-state index contributed by atoms with van der Waals surface area (Å²) in [5, 5.41) is 0.746. The van der Waals surface area contributed by atoms with Crippen molar-refractivity contribution in [2.24, 2.45) is 0 Å². The van der Waals surface area contributed by atoms with Crippen LogP contribution in [0.15, 0.2) is 36.4 Å². The summed E-state index contributed by atoms with van der Waals surface area (Å²) in [6.45, 7) is 1.78. The van der Waals surface area contributed by atoms with Crippen LogP contribution in [0.1, 0.15) is 18.4 Å². The second-order valence-corrected chi connectivity index (χ2v) is 5.13. The highest BCUT2D eigenvalue weighted by atomic mass is 35.5. The lowest BCUT2D eigenvalue weighted by atomic mass is 9.98. The molecular weight excluding hydrogens is 286 g/mol. The van der Waals surface area contributed by atoms with Gasteiger partial charge in [-0.25, -0.2) is 4.39 Å². The van der Waals surface area contributed by atoms with Crippen LogP contribution < -0.4 is 0 Å². The van der Waals surface area contributed by atoms with Crippen molar-refractivity contribution >= 4 is 29.5 Å². The lowest BCUT2D eigenvalue weighted by Gasteiger charge is -2.10. The molecule has 0 spiro atoms. The Balaban J connectivity index is 2.49. The van der Waals surface area contributed by atoms with E-state index in [1.807, 2.05) is 0 Å². The summed E-state index contributed by atoms with van der Waals surface area (Å²) in [7, 11) is 0. The maximum Gasteiger partial charge on any atom is 0.132 e. The largest absolute Gasteiger partial charge is 0.303 e. The first-order valence-corrected chi connectivity index (χ1v) is 6.48. The number of carbonyl (C=O) groups is 1. The summed E-state index contributed by atoms with van der Waals surface area (Å²) in [5.41, 5.74) is 1.77. The SMILES string of the molecule is CC(C=O)c1ccc(-c2ccc(Cl)cc2F)c(Cl)c1. The van der Waals surface area contributed by atoms with Crippen molar-refractivity contribution in [2.45, 2.75) is 12.8 Å². The van der Waals surface area contributed by atoms with E-state index in [0.717, 1.165) is 11.8 Å². The van der Waals surface area contributed by atoms with Crippen molar-refractivity contribution in [3.8, 4) is 11.1 Å². The summed E-state index contributed by atoms with van der Waals surface area (Å²) in [4.78, 5) is 10.7. The van der Waals surface area contributed by atoms with Crippen molar-refractivity contribution in [2.75, 3.05) is 0 Å². The highest BCUT2D eigenvalue weighted by Crippen LogP contribution is 2.33. The summed E-state index contributed by atoms with van der Waals surface area (Å²) < 4.78 is 13.8. The molecule has 0 aliphatic heterocycles. The molecule has 0 fully saturated rings. The maximum absolute atomic E-state index is 13.8. The van der Waals surface area contributed by atoms with Gasteiger partial charge in [-0.2, -0.15) is 0 Å². The molecule has 4 heteroatoms. The number of hydrogen-bond acceptors (Lipinski definition) is 1. The average molecular weight is 297 g/mol. The van der Waals surface area contributed by atoms with E-state index in [0.29, 0.717) is 21.2 Å². The van der Waals surface area contributed by atoms with Gasteiger partial charge in [0.25, 0.3) is 0 Å². The van der Waals surface area contributed by atoms with Crippen LogP contribution in [0.4, 0.5) is 4.39 Å². The fourth-order valence-corrected chi connectivity index (χ4v) is 2.27. The zero-order chi connectivity index (χ0) is 14.0. The van der Waals surface area contributed by atoms with E-state index in [-0.39, 0.29) is 5.92 Å². The second-order valence-electron chi connectivity index (χ2n) is 4.29. The van der Waals surface area contributed by atoms with Crippen LogP contribution in [-0.2, 0) is 4.79 Å². The monoisotopic (exact) mass is 296 g/mol. The van der Waals surface area contributed by atoms with Gasteiger partial charge in [0.1, 0.15) is 12.1 Å². The fourth-order valence-electron chi connectivity index (χ4n) is 1.82. The Morgan fingerprint density at radius 1 is 1.11 bits per heavy atom. The first kappa shape index (κ1) is 14.0. The van der Waals surface area contributed by atoms with Gasteiger partial charge in [0.2, 0.25) is 0 Å². The Hall–Kier alpha value is -1.38. The molecule has 0 radical (unpaired) electrons. The molecule has 0 N–H and O–H groups in total. The zero-order valence-electron chi connectivity index (χ0n) is 10.2. The average Bonchev–Trinajstić information content (AvgIpc) is 2.38. The third kappa shape index (κ3) is 2.96. The highest BCUT2D eigenvalue weighted by Gasteiger charge is 2.12. The molecule has 1 nitrogen and oxygen atoms in total. The molecule has 98 valence electrons. The standard InChI is InChI=1S/C15H11Cl2FO/c1-9(8-19)10-2-4-12(14(17)6-10)13-5-3-11(16)7-15(13)18/h2-9H,1H3. The van der Waals surface area contributed by atoms with E-state index < -0.39 is 5.82 Å². The van der Waals surface area contributed by atoms with Crippen molar-refractivity contribution in [3.05, 3.63) is 57.8 Å². The molecule has 2 aromatic rings. The number of benzene rings is 2. The molecular formula is C15H11Cl2FO. The Bertz CT molecular complexity index is 626. The fraction of sp³-hybridized carbons (Fsp3) is 0.133. The van der Waals surface area contributed by atoms with Crippen LogP contribution in [0.5, 0.6) is 0 Å². The topological polar surface area (TPSA) is 17.1 Å².